The van der Waals surface area contributed by atoms with Crippen LogP contribution < -0.4 is 5.73 Å². The molecular weight excluding hydrogens is 204 g/mol. The third-order valence-corrected chi connectivity index (χ3v) is 4.34. The second-order valence-corrected chi connectivity index (χ2v) is 5.91. The van der Waals surface area contributed by atoms with E-state index in [1.165, 1.54) is 37.9 Å². The highest BCUT2D eigenvalue weighted by atomic mass is 32.2. The lowest BCUT2D eigenvalue weighted by Crippen LogP contribution is -2.50. The van der Waals surface area contributed by atoms with Crippen LogP contribution in [0.25, 0.3) is 0 Å². The number of thioether (sulfide) groups is 1. The molecule has 0 amide bonds. The Morgan fingerprint density at radius 1 is 1.40 bits per heavy atom. The van der Waals surface area contributed by atoms with E-state index >= 15 is 0 Å². The largest absolute Gasteiger partial charge is 0.324 e. The van der Waals surface area contributed by atoms with Crippen LogP contribution in [0, 0.1) is 0 Å². The van der Waals surface area contributed by atoms with Gasteiger partial charge in [-0.2, -0.15) is 11.8 Å². The van der Waals surface area contributed by atoms with Gasteiger partial charge in [0.2, 0.25) is 0 Å². The van der Waals surface area contributed by atoms with E-state index in [9.17, 15) is 0 Å². The number of hydrogen-bond acceptors (Lipinski definition) is 3. The molecule has 2 nitrogen and oxygen atoms in total. The molecule has 0 aromatic carbocycles. The van der Waals surface area contributed by atoms with Crippen molar-refractivity contribution < 1.29 is 0 Å². The predicted molar refractivity (Wildman–Crippen MR) is 70.5 cm³/mol. The molecule has 1 rings (SSSR count). The minimum atomic E-state index is 0.112. The van der Waals surface area contributed by atoms with Crippen LogP contribution in [0.2, 0.25) is 0 Å². The number of likely N-dealkylation sites (N-methyl/N-ethyl adjacent to an activating group) is 1. The summed E-state index contributed by atoms with van der Waals surface area (Å²) in [5.41, 5.74) is 6.51. The van der Waals surface area contributed by atoms with Crippen LogP contribution in [0.5, 0.6) is 0 Å². The standard InChI is InChI=1S/C12H26N2S/c1-4-11(9-15-3)14(2)10-12(13)7-5-6-8-12/h11H,4-10,13H2,1-3H3. The molecule has 0 heterocycles. The van der Waals surface area contributed by atoms with Crippen molar-refractivity contribution in [2.75, 3.05) is 25.6 Å². The first-order valence-corrected chi connectivity index (χ1v) is 7.49. The highest BCUT2D eigenvalue weighted by Gasteiger charge is 2.31. The van der Waals surface area contributed by atoms with Crippen molar-refractivity contribution in [2.24, 2.45) is 5.73 Å². The highest BCUT2D eigenvalue weighted by molar-refractivity contribution is 7.98. The zero-order chi connectivity index (χ0) is 11.3. The van der Waals surface area contributed by atoms with E-state index < -0.39 is 0 Å². The zero-order valence-corrected chi connectivity index (χ0v) is 11.3. The first kappa shape index (κ1) is 13.3. The first-order valence-electron chi connectivity index (χ1n) is 6.09. The summed E-state index contributed by atoms with van der Waals surface area (Å²) in [6.45, 7) is 3.35. The molecule has 1 unspecified atom stereocenters. The fraction of sp³-hybridized carbons (Fsp3) is 1.00. The van der Waals surface area contributed by atoms with Crippen LogP contribution in [0.1, 0.15) is 39.0 Å². The van der Waals surface area contributed by atoms with Crippen molar-refractivity contribution in [3.63, 3.8) is 0 Å². The smallest absolute Gasteiger partial charge is 0.0283 e. The molecule has 1 aliphatic carbocycles. The molecule has 0 saturated heterocycles. The third kappa shape index (κ3) is 3.97. The Morgan fingerprint density at radius 2 is 2.00 bits per heavy atom. The number of hydrogen-bond donors (Lipinski definition) is 1. The second-order valence-electron chi connectivity index (χ2n) is 5.00. The Hall–Kier alpha value is 0.270. The van der Waals surface area contributed by atoms with E-state index in [1.807, 2.05) is 11.8 Å². The molecule has 15 heavy (non-hydrogen) atoms. The minimum Gasteiger partial charge on any atom is -0.324 e. The van der Waals surface area contributed by atoms with Gasteiger partial charge in [0.25, 0.3) is 0 Å². The maximum atomic E-state index is 6.40. The average Bonchev–Trinajstić information content (AvgIpc) is 2.60. The molecule has 2 N–H and O–H groups in total. The maximum absolute atomic E-state index is 6.40. The van der Waals surface area contributed by atoms with Crippen LogP contribution in [0.4, 0.5) is 0 Å². The van der Waals surface area contributed by atoms with Crippen LogP contribution >= 0.6 is 11.8 Å². The van der Waals surface area contributed by atoms with Gasteiger partial charge in [-0.25, -0.2) is 0 Å². The number of rotatable bonds is 6. The van der Waals surface area contributed by atoms with Crippen LogP contribution in [0.3, 0.4) is 0 Å². The van der Waals surface area contributed by atoms with Gasteiger partial charge in [-0.1, -0.05) is 19.8 Å². The van der Waals surface area contributed by atoms with Gasteiger partial charge in [0, 0.05) is 23.9 Å². The molecule has 0 aromatic heterocycles. The quantitative estimate of drug-likeness (QED) is 0.759. The summed E-state index contributed by atoms with van der Waals surface area (Å²) < 4.78 is 0. The zero-order valence-electron chi connectivity index (χ0n) is 10.5. The lowest BCUT2D eigenvalue weighted by atomic mass is 9.98. The topological polar surface area (TPSA) is 29.3 Å². The molecule has 0 aromatic rings. The van der Waals surface area contributed by atoms with E-state index in [4.69, 9.17) is 5.73 Å². The van der Waals surface area contributed by atoms with Gasteiger partial charge in [0.1, 0.15) is 0 Å². The van der Waals surface area contributed by atoms with E-state index in [0.29, 0.717) is 6.04 Å². The van der Waals surface area contributed by atoms with Crippen molar-refractivity contribution in [3.8, 4) is 0 Å². The molecule has 0 spiro atoms. The first-order chi connectivity index (χ1) is 7.11. The summed E-state index contributed by atoms with van der Waals surface area (Å²) >= 11 is 1.94. The summed E-state index contributed by atoms with van der Waals surface area (Å²) in [4.78, 5) is 2.47. The Balaban J connectivity index is 2.41. The molecule has 1 aliphatic rings. The Morgan fingerprint density at radius 3 is 2.47 bits per heavy atom. The second kappa shape index (κ2) is 6.12. The molecule has 1 fully saturated rings. The van der Waals surface area contributed by atoms with Crippen LogP contribution in [-0.2, 0) is 0 Å². The van der Waals surface area contributed by atoms with Gasteiger partial charge in [-0.15, -0.1) is 0 Å². The van der Waals surface area contributed by atoms with Gasteiger partial charge < -0.3 is 10.6 Å². The monoisotopic (exact) mass is 230 g/mol. The van der Waals surface area contributed by atoms with Crippen molar-refractivity contribution in [3.05, 3.63) is 0 Å². The van der Waals surface area contributed by atoms with E-state index in [2.05, 4.69) is 25.1 Å². The Kier molecular flexibility index (Phi) is 5.44. The summed E-state index contributed by atoms with van der Waals surface area (Å²) in [6.07, 6.45) is 8.49. The summed E-state index contributed by atoms with van der Waals surface area (Å²) in [5, 5.41) is 0. The van der Waals surface area contributed by atoms with Gasteiger partial charge in [-0.05, 0) is 32.6 Å². The van der Waals surface area contributed by atoms with E-state index in [0.717, 1.165) is 6.54 Å². The number of nitrogens with zero attached hydrogens (tertiary/aromatic N) is 1. The normalized spacial score (nSPS) is 22.2. The van der Waals surface area contributed by atoms with Crippen molar-refractivity contribution in [1.29, 1.82) is 0 Å². The van der Waals surface area contributed by atoms with Crippen LogP contribution in [0.15, 0.2) is 0 Å². The molecule has 0 aliphatic heterocycles. The van der Waals surface area contributed by atoms with E-state index in [-0.39, 0.29) is 5.54 Å². The SMILES string of the molecule is CCC(CSC)N(C)CC1(N)CCCC1. The van der Waals surface area contributed by atoms with Gasteiger partial charge >= 0.3 is 0 Å². The van der Waals surface area contributed by atoms with Gasteiger partial charge in [0.15, 0.2) is 0 Å². The molecule has 0 radical (unpaired) electrons. The Bertz CT molecular complexity index is 178. The molecular formula is C12H26N2S. The average molecular weight is 230 g/mol. The highest BCUT2D eigenvalue weighted by Crippen LogP contribution is 2.28. The predicted octanol–water partition coefficient (Wildman–Crippen LogP) is 2.33. The maximum Gasteiger partial charge on any atom is 0.0283 e. The molecule has 1 saturated carbocycles. The fourth-order valence-corrected chi connectivity index (χ4v) is 3.49. The molecule has 90 valence electrons. The molecule has 0 bridgehead atoms. The lowest BCUT2D eigenvalue weighted by Gasteiger charge is -2.34. The van der Waals surface area contributed by atoms with Gasteiger partial charge in [0.05, 0.1) is 0 Å². The van der Waals surface area contributed by atoms with Crippen LogP contribution in [-0.4, -0.2) is 42.1 Å². The summed E-state index contributed by atoms with van der Waals surface area (Å²) in [6, 6.07) is 0.695. The molecule has 3 heteroatoms. The van der Waals surface area contributed by atoms with Gasteiger partial charge in [-0.3, -0.25) is 0 Å². The van der Waals surface area contributed by atoms with Crippen molar-refractivity contribution in [1.82, 2.24) is 4.90 Å². The minimum absolute atomic E-state index is 0.112. The van der Waals surface area contributed by atoms with E-state index in [1.54, 1.807) is 0 Å². The lowest BCUT2D eigenvalue weighted by molar-refractivity contribution is 0.197. The fourth-order valence-electron chi connectivity index (χ4n) is 2.61. The molecule has 1 atom stereocenters. The summed E-state index contributed by atoms with van der Waals surface area (Å²) in [5.74, 6) is 1.23. The number of nitrogens with two attached hydrogens (primary N) is 1. The van der Waals surface area contributed by atoms with Crippen molar-refractivity contribution >= 4 is 11.8 Å². The third-order valence-electron chi connectivity index (χ3n) is 3.62. The summed E-state index contributed by atoms with van der Waals surface area (Å²) in [7, 11) is 2.23. The van der Waals surface area contributed by atoms with Crippen molar-refractivity contribution in [2.45, 2.75) is 50.6 Å². The Labute approximate surface area is 99.0 Å².